The van der Waals surface area contributed by atoms with Gasteiger partial charge in [-0.05, 0) is 165 Å². The number of piperidine rings is 1. The lowest BCUT2D eigenvalue weighted by molar-refractivity contribution is -0.131. The van der Waals surface area contributed by atoms with Crippen LogP contribution in [-0.2, 0) is 71.6 Å². The fourth-order valence-corrected chi connectivity index (χ4v) is 25.5. The van der Waals surface area contributed by atoms with Crippen molar-refractivity contribution in [2.45, 2.75) is 157 Å². The summed E-state index contributed by atoms with van der Waals surface area (Å²) >= 11 is 0. The predicted octanol–water partition coefficient (Wildman–Crippen LogP) is 16.3. The molecule has 1 N–H and O–H groups in total. The molecule has 0 radical (unpaired) electrons. The number of piperazine rings is 1. The van der Waals surface area contributed by atoms with Crippen LogP contribution in [-0.4, -0.2) is 247 Å². The molecule has 0 aliphatic carbocycles. The zero-order chi connectivity index (χ0) is 86.1. The SMILES string of the molecule is CCCP1(=O)OP(=O)(CCC)OP(=O)(CCC)O1.CCN(CC)CC.COC/C=C/C(=O)O.[2H]CF.[C-]#[N+]C[C@@H]1CCCN(c2nc(OC[C@@H]3CCCN3C)nc3c2CCN(c2cccc4cccc(C)c24)C3)C1.[C-]#[N+]C[C@H]1CN(c2nc(OC[C@@H]3CCCN3C)nc3c2CCN(c2cccc4cccc(C)c24)C3)CCN1C(=O)/C=C/COC. The zero-order valence-electron chi connectivity index (χ0n) is 72.6. The summed E-state index contributed by atoms with van der Waals surface area (Å²) in [6.45, 7) is 46.6. The Bertz CT molecular complexity index is 4460. The molecule has 0 bridgehead atoms. The number of carbonyl (C=O) groups excluding carboxylic acids is 1. The third-order valence-corrected chi connectivity index (χ3v) is 31.2. The van der Waals surface area contributed by atoms with Crippen molar-refractivity contribution in [1.82, 2.24) is 39.5 Å². The number of carboxylic acid groups (broad SMARTS) is 1. The smallest absolute Gasteiger partial charge is 0.345 e. The molecule has 7 aliphatic heterocycles. The van der Waals surface area contributed by atoms with Crippen molar-refractivity contribution in [2.24, 2.45) is 5.92 Å². The molecule has 2 aromatic heterocycles. The molecule has 5 saturated heterocycles. The minimum atomic E-state index is -3.57. The van der Waals surface area contributed by atoms with Crippen molar-refractivity contribution in [1.29, 1.82) is 0 Å². The number of fused-ring (bicyclic) bond motifs is 4. The first-order valence-electron chi connectivity index (χ1n) is 42.5. The maximum absolute atomic E-state index is 13.0. The number of rotatable bonds is 27. The number of benzene rings is 4. The number of amides is 1. The Kier molecular flexibility index (Phi) is 38.1. The second-order valence-corrected chi connectivity index (χ2v) is 37.6. The highest BCUT2D eigenvalue weighted by molar-refractivity contribution is 7.80. The molecule has 6 aromatic rings. The lowest BCUT2D eigenvalue weighted by Gasteiger charge is -2.41. The van der Waals surface area contributed by atoms with Gasteiger partial charge in [0.2, 0.25) is 19.0 Å². The third kappa shape index (κ3) is 26.8. The first kappa shape index (κ1) is 93.9. The first-order chi connectivity index (χ1) is 57.4. The highest BCUT2D eigenvalue weighted by Gasteiger charge is 2.51. The van der Waals surface area contributed by atoms with Gasteiger partial charge in [-0.3, -0.25) is 22.9 Å². The van der Waals surface area contributed by atoms with E-state index < -0.39 is 35.9 Å². The van der Waals surface area contributed by atoms with Crippen LogP contribution in [0.15, 0.2) is 97.1 Å². The minimum absolute atomic E-state index is 0.0872. The van der Waals surface area contributed by atoms with E-state index in [1.165, 1.54) is 95.3 Å². The molecule has 1 amide bonds. The molecule has 5 fully saturated rings. The first-order valence-corrected chi connectivity index (χ1v) is 47.0. The zero-order valence-corrected chi connectivity index (χ0v) is 74.3. The van der Waals surface area contributed by atoms with Crippen LogP contribution >= 0.6 is 22.8 Å². The molecule has 13 rings (SSSR count). The molecule has 118 heavy (non-hydrogen) atoms. The predicted molar refractivity (Wildman–Crippen MR) is 471 cm³/mol. The summed E-state index contributed by atoms with van der Waals surface area (Å²) in [5, 5.41) is 13.1. The number of aliphatic carboxylic acids is 1. The Labute approximate surface area is 701 Å². The van der Waals surface area contributed by atoms with Gasteiger partial charge in [-0.1, -0.05) is 114 Å². The summed E-state index contributed by atoms with van der Waals surface area (Å²) in [5.74, 6) is 1.29. The molecule has 4 aromatic carbocycles. The average molecular weight is 1690 g/mol. The van der Waals surface area contributed by atoms with Gasteiger partial charge in [0.25, 0.3) is 0 Å². The number of ether oxygens (including phenoxy) is 4. The summed E-state index contributed by atoms with van der Waals surface area (Å²) < 4.78 is 90.0. The van der Waals surface area contributed by atoms with Crippen molar-refractivity contribution < 1.29 is 66.0 Å². The molecule has 31 heteroatoms. The Morgan fingerprint density at radius 2 is 1.02 bits per heavy atom. The van der Waals surface area contributed by atoms with Gasteiger partial charge in [0.15, 0.2) is 0 Å². The standard InChI is InChI=1S/C35H43N7O3.C31H38N6O.C9H21O6P3.C6H15N.C5H8O3.CH3F/c1-25-9-5-10-26-11-6-13-31(33(25)26)40-17-15-29-30(23-40)37-35(45-24-27-12-7-16-39(27)3)38-34(29)41-18-19-42(28(22-41)21-36-2)32(43)14-8-20-44-4;1-22-8-4-10-24-11-5-13-28(29(22)24)36-17-14-26-27(20-36)33-31(38-21-25-12-7-15-35(25)3)34-30(26)37-16-6-9-23(19-37)18-32-2;1-4-7-16(10)13-17(11,8-5-2)15-18(12,14-16)9-6-3;1-4-7(5-2)6-3;1-8-4-2-3-5(6)7;1-2/h5-6,8-11,13-14,27-28H,7,12,15-24H2,1,3-4H3;4-5,8,10-11,13,23,25H,6-7,9,12,14-21H2,1,3H3;4-9H2,1-3H3;4-6H2,1-3H3;2-3H,4H2,1H3,(H,6,7);1H3/b14-8+;;;;3-2+;/t27-,28-;23-,25-;;;;/m00..../s1/i;;;;;1D. The summed E-state index contributed by atoms with van der Waals surface area (Å²) in [4.78, 5) is 68.7. The van der Waals surface area contributed by atoms with Crippen LogP contribution in [0.2, 0.25) is 0 Å². The van der Waals surface area contributed by atoms with Gasteiger partial charge in [-0.15, -0.1) is 0 Å². The number of nitrogens with zero attached hydrogens (tertiary/aromatic N) is 14. The summed E-state index contributed by atoms with van der Waals surface area (Å²) in [5.41, 5.74) is 9.51. The van der Waals surface area contributed by atoms with Crippen LogP contribution in [0.5, 0.6) is 12.0 Å². The van der Waals surface area contributed by atoms with Gasteiger partial charge in [0.1, 0.15) is 30.9 Å². The molecule has 9 heterocycles. The quantitative estimate of drug-likeness (QED) is 0.0285. The van der Waals surface area contributed by atoms with Crippen molar-refractivity contribution >= 4 is 79.2 Å². The molecule has 646 valence electrons. The Balaban J connectivity index is 0.000000213. The molecule has 0 spiro atoms. The van der Waals surface area contributed by atoms with E-state index in [2.05, 4.69) is 170 Å². The van der Waals surface area contributed by atoms with E-state index >= 15 is 0 Å². The van der Waals surface area contributed by atoms with E-state index in [0.717, 1.165) is 119 Å². The maximum Gasteiger partial charge on any atom is 0.345 e. The molecule has 0 unspecified atom stereocenters. The minimum Gasteiger partial charge on any atom is -0.478 e. The fraction of sp³-hybridized carbons (Fsp3) is 0.586. The summed E-state index contributed by atoms with van der Waals surface area (Å²) in [7, 11) is -4.27. The number of hydrogen-bond donors (Lipinski definition) is 1. The molecule has 0 saturated carbocycles. The fourth-order valence-electron chi connectivity index (χ4n) is 16.2. The lowest BCUT2D eigenvalue weighted by Crippen LogP contribution is -2.56. The van der Waals surface area contributed by atoms with Crippen molar-refractivity contribution in [3.8, 4) is 12.0 Å². The van der Waals surface area contributed by atoms with E-state index in [-0.39, 0.29) is 37.0 Å². The summed E-state index contributed by atoms with van der Waals surface area (Å²) in [6, 6.07) is 27.6. The van der Waals surface area contributed by atoms with Crippen molar-refractivity contribution in [2.75, 3.05) is 192 Å². The highest BCUT2D eigenvalue weighted by Crippen LogP contribution is 2.82. The van der Waals surface area contributed by atoms with Crippen molar-refractivity contribution in [3.63, 3.8) is 0 Å². The van der Waals surface area contributed by atoms with E-state index in [9.17, 15) is 27.7 Å². The largest absolute Gasteiger partial charge is 0.478 e. The molecule has 7 aliphatic rings. The number of aryl methyl sites for hydroxylation is 2. The number of carbonyl (C=O) groups is 2. The molecular weight excluding hydrogens is 1560 g/mol. The van der Waals surface area contributed by atoms with E-state index in [1.807, 2.05) is 4.90 Å². The molecule has 4 atom stereocenters. The summed E-state index contributed by atoms with van der Waals surface area (Å²) in [6.07, 6.45) is 16.3. The second kappa shape index (κ2) is 47.9. The van der Waals surface area contributed by atoms with Gasteiger partial charge in [-0.2, -0.15) is 19.9 Å². The third-order valence-electron chi connectivity index (χ3n) is 22.2. The number of alkyl halides is 1. The maximum atomic E-state index is 13.0. The lowest BCUT2D eigenvalue weighted by atomic mass is 9.96. The normalized spacial score (nSPS) is 22.6. The molecule has 27 nitrogen and oxygen atoms in total. The average Bonchev–Trinajstić information content (AvgIpc) is 1.42. The van der Waals surface area contributed by atoms with Crippen LogP contribution in [0.4, 0.5) is 27.4 Å². The number of methoxy groups -OCH3 is 2. The number of anilines is 4. The number of carboxylic acids is 1. The van der Waals surface area contributed by atoms with Crippen LogP contribution in [0.1, 0.15) is 134 Å². The number of hydrogen-bond acceptors (Lipinski definition) is 23. The van der Waals surface area contributed by atoms with Gasteiger partial charge in [0.05, 0.1) is 64.7 Å². The van der Waals surface area contributed by atoms with Crippen LogP contribution < -0.4 is 29.1 Å². The number of halogens is 1. The van der Waals surface area contributed by atoms with Gasteiger partial charge in [-0.25, -0.2) is 30.9 Å². The number of likely N-dealkylation sites (tertiary alicyclic amines) is 2. The van der Waals surface area contributed by atoms with Gasteiger partial charge in [0, 0.05) is 123 Å². The monoisotopic (exact) mass is 1690 g/mol. The van der Waals surface area contributed by atoms with Crippen LogP contribution in [0, 0.1) is 32.9 Å². The van der Waals surface area contributed by atoms with Crippen LogP contribution in [0.25, 0.3) is 31.2 Å². The Morgan fingerprint density at radius 1 is 0.585 bits per heavy atom. The highest BCUT2D eigenvalue weighted by atomic mass is 31.3. The van der Waals surface area contributed by atoms with Crippen molar-refractivity contribution in [3.05, 3.63) is 154 Å². The topological polar surface area (TPSA) is 256 Å². The Hall–Kier alpha value is -7.94. The van der Waals surface area contributed by atoms with E-state index in [0.29, 0.717) is 108 Å². The second-order valence-electron chi connectivity index (χ2n) is 30.6. The number of aromatic nitrogens is 4. The number of likely N-dealkylation sites (N-methyl/N-ethyl adjacent to an activating group) is 2. The van der Waals surface area contributed by atoms with E-state index in [1.54, 1.807) is 40.0 Å². The van der Waals surface area contributed by atoms with Gasteiger partial charge >= 0.3 is 40.8 Å². The van der Waals surface area contributed by atoms with Gasteiger partial charge < -0.3 is 72.9 Å². The van der Waals surface area contributed by atoms with Crippen LogP contribution in [0.3, 0.4) is 0 Å². The van der Waals surface area contributed by atoms with E-state index in [4.69, 9.17) is 66.7 Å². The Morgan fingerprint density at radius 3 is 1.42 bits per heavy atom. The molecular formula is C87H128FN14O13P3.